The molecule has 0 unspecified atom stereocenters. The van der Waals surface area contributed by atoms with Gasteiger partial charge in [-0.25, -0.2) is 0 Å². The van der Waals surface area contributed by atoms with Crippen LogP contribution in [0.1, 0.15) is 43.0 Å². The maximum atomic E-state index is 11.1. The highest BCUT2D eigenvalue weighted by atomic mass is 16.3. The van der Waals surface area contributed by atoms with E-state index in [0.29, 0.717) is 11.7 Å². The first-order valence-electron chi connectivity index (χ1n) is 9.56. The summed E-state index contributed by atoms with van der Waals surface area (Å²) in [6, 6.07) is 23.1. The lowest BCUT2D eigenvalue weighted by atomic mass is 9.85. The van der Waals surface area contributed by atoms with Crippen LogP contribution >= 0.6 is 0 Å². The highest BCUT2D eigenvalue weighted by Crippen LogP contribution is 2.37. The van der Waals surface area contributed by atoms with Crippen molar-refractivity contribution < 1.29 is 5.11 Å². The van der Waals surface area contributed by atoms with Gasteiger partial charge in [0.05, 0.1) is 0 Å². The van der Waals surface area contributed by atoms with Gasteiger partial charge in [-0.05, 0) is 58.2 Å². The van der Waals surface area contributed by atoms with Gasteiger partial charge in [0.15, 0.2) is 0 Å². The van der Waals surface area contributed by atoms with Crippen LogP contribution in [0.2, 0.25) is 0 Å². The van der Waals surface area contributed by atoms with E-state index >= 15 is 0 Å². The fourth-order valence-electron chi connectivity index (χ4n) is 3.69. The molecular weight excluding hydrogens is 316 g/mol. The summed E-state index contributed by atoms with van der Waals surface area (Å²) in [5, 5.41) is 11.1. The molecule has 0 heterocycles. The molecule has 3 rings (SSSR count). The zero-order chi connectivity index (χ0) is 18.5. The van der Waals surface area contributed by atoms with Crippen molar-refractivity contribution in [2.45, 2.75) is 40.0 Å². The lowest BCUT2D eigenvalue weighted by Gasteiger charge is -2.20. The van der Waals surface area contributed by atoms with Gasteiger partial charge in [0, 0.05) is 6.42 Å². The lowest BCUT2D eigenvalue weighted by molar-refractivity contribution is 0.455. The molecule has 134 valence electrons. The Morgan fingerprint density at radius 1 is 0.846 bits per heavy atom. The van der Waals surface area contributed by atoms with Gasteiger partial charge in [0.1, 0.15) is 5.75 Å². The van der Waals surface area contributed by atoms with Crippen LogP contribution in [0.5, 0.6) is 5.75 Å². The van der Waals surface area contributed by atoms with E-state index < -0.39 is 0 Å². The van der Waals surface area contributed by atoms with Crippen molar-refractivity contribution in [3.8, 4) is 16.9 Å². The molecule has 0 aliphatic rings. The Hall–Kier alpha value is -2.54. The molecular formula is C25H28O. The molecule has 0 bridgehead atoms. The molecule has 0 saturated carbocycles. The Kier molecular flexibility index (Phi) is 5.78. The van der Waals surface area contributed by atoms with E-state index in [4.69, 9.17) is 0 Å². The van der Waals surface area contributed by atoms with Crippen molar-refractivity contribution in [3.63, 3.8) is 0 Å². The first-order chi connectivity index (χ1) is 12.6. The minimum Gasteiger partial charge on any atom is -0.507 e. The second-order valence-electron chi connectivity index (χ2n) is 7.37. The second kappa shape index (κ2) is 8.23. The fourth-order valence-corrected chi connectivity index (χ4v) is 3.69. The molecule has 0 radical (unpaired) electrons. The summed E-state index contributed by atoms with van der Waals surface area (Å²) in [7, 11) is 0. The minimum atomic E-state index is 0.485. The average Bonchev–Trinajstić information content (AvgIpc) is 2.66. The summed E-state index contributed by atoms with van der Waals surface area (Å²) in [5.41, 5.74) is 7.12. The van der Waals surface area contributed by atoms with Gasteiger partial charge >= 0.3 is 0 Å². The summed E-state index contributed by atoms with van der Waals surface area (Å²) in [5.74, 6) is 0.987. The van der Waals surface area contributed by atoms with Crippen LogP contribution in [0.3, 0.4) is 0 Å². The van der Waals surface area contributed by atoms with Gasteiger partial charge in [-0.15, -0.1) is 0 Å². The summed E-state index contributed by atoms with van der Waals surface area (Å²) >= 11 is 0. The van der Waals surface area contributed by atoms with Crippen molar-refractivity contribution >= 4 is 0 Å². The van der Waals surface area contributed by atoms with Crippen LogP contribution < -0.4 is 0 Å². The third-order valence-corrected chi connectivity index (χ3v) is 4.89. The third kappa shape index (κ3) is 3.99. The normalized spacial score (nSPS) is 11.1. The molecule has 3 aromatic carbocycles. The number of hydrogen-bond acceptors (Lipinski definition) is 1. The van der Waals surface area contributed by atoms with Crippen LogP contribution in [-0.2, 0) is 19.3 Å². The monoisotopic (exact) mass is 344 g/mol. The average molecular weight is 344 g/mol. The number of phenolic OH excluding ortho intramolecular Hbond substituents is 1. The van der Waals surface area contributed by atoms with Crippen molar-refractivity contribution in [2.75, 3.05) is 0 Å². The molecule has 3 aromatic rings. The fraction of sp³-hybridized carbons (Fsp3) is 0.280. The predicted octanol–water partition coefficient (Wildman–Crippen LogP) is 6.41. The summed E-state index contributed by atoms with van der Waals surface area (Å²) in [6.45, 7) is 6.61. The molecule has 26 heavy (non-hydrogen) atoms. The minimum absolute atomic E-state index is 0.485. The van der Waals surface area contributed by atoms with Gasteiger partial charge in [0.25, 0.3) is 0 Å². The number of hydrogen-bond donors (Lipinski definition) is 1. The van der Waals surface area contributed by atoms with Crippen molar-refractivity contribution in [3.05, 3.63) is 89.0 Å². The Balaban J connectivity index is 2.18. The summed E-state index contributed by atoms with van der Waals surface area (Å²) in [6.07, 6.45) is 2.57. The lowest BCUT2D eigenvalue weighted by Crippen LogP contribution is -2.05. The van der Waals surface area contributed by atoms with E-state index in [1.165, 1.54) is 22.3 Å². The molecule has 1 heteroatoms. The molecule has 0 atom stereocenters. The molecule has 1 nitrogen and oxygen atoms in total. The van der Waals surface area contributed by atoms with Crippen molar-refractivity contribution in [1.29, 1.82) is 0 Å². The molecule has 0 fully saturated rings. The topological polar surface area (TPSA) is 20.2 Å². The number of phenols is 1. The van der Waals surface area contributed by atoms with Gasteiger partial charge < -0.3 is 5.11 Å². The molecule has 1 N–H and O–H groups in total. The highest BCUT2D eigenvalue weighted by Gasteiger charge is 2.18. The van der Waals surface area contributed by atoms with Gasteiger partial charge in [-0.3, -0.25) is 0 Å². The second-order valence-corrected chi connectivity index (χ2v) is 7.37. The number of aromatic hydroxyl groups is 1. The number of benzene rings is 3. The van der Waals surface area contributed by atoms with Crippen LogP contribution in [0.15, 0.2) is 66.7 Å². The first kappa shape index (κ1) is 18.3. The number of rotatable bonds is 6. The molecule has 0 saturated heterocycles. The molecule has 0 aromatic heterocycles. The van der Waals surface area contributed by atoms with Gasteiger partial charge in [-0.2, -0.15) is 0 Å². The van der Waals surface area contributed by atoms with Gasteiger partial charge in [0.2, 0.25) is 0 Å². The van der Waals surface area contributed by atoms with Crippen LogP contribution in [-0.4, -0.2) is 5.11 Å². The van der Waals surface area contributed by atoms with Crippen molar-refractivity contribution in [2.24, 2.45) is 5.92 Å². The molecule has 0 amide bonds. The first-order valence-corrected chi connectivity index (χ1v) is 9.56. The van der Waals surface area contributed by atoms with E-state index in [-0.39, 0.29) is 0 Å². The quantitative estimate of drug-likeness (QED) is 0.548. The zero-order valence-corrected chi connectivity index (χ0v) is 16.0. The highest BCUT2D eigenvalue weighted by molar-refractivity contribution is 5.72. The predicted molar refractivity (Wildman–Crippen MR) is 111 cm³/mol. The summed E-state index contributed by atoms with van der Waals surface area (Å²) in [4.78, 5) is 0. The largest absolute Gasteiger partial charge is 0.507 e. The third-order valence-electron chi connectivity index (χ3n) is 4.89. The zero-order valence-electron chi connectivity index (χ0n) is 16.0. The Labute approximate surface area is 157 Å². The molecule has 0 aliphatic heterocycles. The Morgan fingerprint density at radius 3 is 2.04 bits per heavy atom. The van der Waals surface area contributed by atoms with E-state index in [1.54, 1.807) is 0 Å². The molecule has 0 spiro atoms. The maximum Gasteiger partial charge on any atom is 0.122 e. The summed E-state index contributed by atoms with van der Waals surface area (Å²) < 4.78 is 0. The Morgan fingerprint density at radius 2 is 1.46 bits per heavy atom. The van der Waals surface area contributed by atoms with E-state index in [1.807, 2.05) is 6.07 Å². The van der Waals surface area contributed by atoms with Crippen molar-refractivity contribution in [1.82, 2.24) is 0 Å². The van der Waals surface area contributed by atoms with Crippen LogP contribution in [0.25, 0.3) is 11.1 Å². The van der Waals surface area contributed by atoms with Gasteiger partial charge in [-0.1, -0.05) is 81.4 Å². The smallest absolute Gasteiger partial charge is 0.122 e. The van der Waals surface area contributed by atoms with E-state index in [0.717, 1.165) is 30.4 Å². The van der Waals surface area contributed by atoms with Crippen LogP contribution in [0.4, 0.5) is 0 Å². The van der Waals surface area contributed by atoms with Crippen LogP contribution in [0, 0.1) is 5.92 Å². The molecule has 0 aliphatic carbocycles. The Bertz CT molecular complexity index is 848. The van der Waals surface area contributed by atoms with E-state index in [9.17, 15) is 5.11 Å². The maximum absolute atomic E-state index is 11.1. The van der Waals surface area contributed by atoms with E-state index in [2.05, 4.69) is 81.4 Å². The SMILES string of the molecule is CCc1c(-c2ccccc2)cc(Cc2ccccc2)c(O)c1CC(C)C. The standard InChI is InChI=1S/C25H28O/c1-4-22-23(20-13-9-6-10-14-20)17-21(16-19-11-7-5-8-12-19)25(26)24(22)15-18(2)3/h5-14,17-18,26H,4,15-16H2,1-3H3.